The summed E-state index contributed by atoms with van der Waals surface area (Å²) >= 11 is 0. The molecule has 38 heavy (non-hydrogen) atoms. The molecule has 2 amide bonds. The Labute approximate surface area is 221 Å². The molecule has 0 atom stereocenters. The molecule has 1 N–H and O–H groups in total. The molecule has 0 saturated heterocycles. The van der Waals surface area contributed by atoms with Crippen LogP contribution in [0.5, 0.6) is 0 Å². The molecule has 9 nitrogen and oxygen atoms in total. The molecule has 2 aromatic carbocycles. The number of benzene rings is 2. The molecule has 4 rings (SSSR count). The van der Waals surface area contributed by atoms with Crippen molar-refractivity contribution in [3.8, 4) is 11.1 Å². The lowest BCUT2D eigenvalue weighted by Crippen LogP contribution is -2.39. The van der Waals surface area contributed by atoms with Crippen molar-refractivity contribution in [2.45, 2.75) is 40.2 Å². The quantitative estimate of drug-likeness (QED) is 0.336. The Bertz CT molecular complexity index is 1630. The van der Waals surface area contributed by atoms with Crippen LogP contribution in [0.3, 0.4) is 0 Å². The van der Waals surface area contributed by atoms with E-state index in [1.807, 2.05) is 49.0 Å². The zero-order chi connectivity index (χ0) is 27.6. The molecule has 9 heteroatoms. The lowest BCUT2D eigenvalue weighted by Gasteiger charge is -2.21. The van der Waals surface area contributed by atoms with Gasteiger partial charge in [-0.05, 0) is 51.0 Å². The van der Waals surface area contributed by atoms with Crippen LogP contribution in [0.1, 0.15) is 40.2 Å². The van der Waals surface area contributed by atoms with Crippen molar-refractivity contribution < 1.29 is 9.59 Å². The summed E-state index contributed by atoms with van der Waals surface area (Å²) in [7, 11) is 0. The summed E-state index contributed by atoms with van der Waals surface area (Å²) in [6.45, 7) is 16.5. The van der Waals surface area contributed by atoms with Gasteiger partial charge in [-0.15, -0.1) is 0 Å². The van der Waals surface area contributed by atoms with Crippen LogP contribution in [0, 0.1) is 0 Å². The first-order valence-corrected chi connectivity index (χ1v) is 12.6. The van der Waals surface area contributed by atoms with Crippen molar-refractivity contribution >= 4 is 39.3 Å². The molecule has 0 spiro atoms. The highest BCUT2D eigenvalue weighted by atomic mass is 16.2. The van der Waals surface area contributed by atoms with E-state index in [-0.39, 0.29) is 23.3 Å². The molecule has 0 radical (unpaired) electrons. The molecule has 0 unspecified atom stereocenters. The maximum atomic E-state index is 13.4. The number of aromatic nitrogens is 4. The average molecular weight is 513 g/mol. The minimum atomic E-state index is -0.706. The summed E-state index contributed by atoms with van der Waals surface area (Å²) < 4.78 is 3.00. The normalized spacial score (nSPS) is 11.2. The van der Waals surface area contributed by atoms with E-state index >= 15 is 0 Å². The van der Waals surface area contributed by atoms with Gasteiger partial charge >= 0.3 is 0 Å². The van der Waals surface area contributed by atoms with Gasteiger partial charge in [-0.3, -0.25) is 23.6 Å². The van der Waals surface area contributed by atoms with Crippen molar-refractivity contribution in [1.29, 1.82) is 0 Å². The van der Waals surface area contributed by atoms with E-state index in [1.165, 1.54) is 6.33 Å². The van der Waals surface area contributed by atoms with Gasteiger partial charge in [0, 0.05) is 36.3 Å². The van der Waals surface area contributed by atoms with Gasteiger partial charge in [-0.2, -0.15) is 5.10 Å². The number of rotatable bonds is 9. The minimum absolute atomic E-state index is 0.0771. The highest BCUT2D eigenvalue weighted by molar-refractivity contribution is 6.15. The lowest BCUT2D eigenvalue weighted by atomic mass is 10.0. The van der Waals surface area contributed by atoms with Gasteiger partial charge in [0.25, 0.3) is 17.4 Å². The fourth-order valence-electron chi connectivity index (χ4n) is 4.29. The fourth-order valence-corrected chi connectivity index (χ4v) is 4.29. The first-order chi connectivity index (χ1) is 18.2. The molecule has 196 valence electrons. The largest absolute Gasteiger partial charge is 0.338 e. The highest BCUT2D eigenvalue weighted by Crippen LogP contribution is 2.29. The first-order valence-electron chi connectivity index (χ1n) is 12.6. The lowest BCUT2D eigenvalue weighted by molar-refractivity contribution is -0.128. The Balaban J connectivity index is 1.64. The molecule has 0 bridgehead atoms. The SMILES string of the molecule is C=C(NC(=O)C(=C)n1cnc2c(-c3ccc4nn(C(C)C)cc4c3)cccc2c1=O)C(=O)N(CC)CCC. The van der Waals surface area contributed by atoms with E-state index in [0.717, 1.165) is 33.0 Å². The third-order valence-corrected chi connectivity index (χ3v) is 6.39. The number of carbonyl (C=O) groups is 2. The third-order valence-electron chi connectivity index (χ3n) is 6.39. The number of para-hydroxylation sites is 1. The predicted octanol–water partition coefficient (Wildman–Crippen LogP) is 4.35. The maximum Gasteiger partial charge on any atom is 0.272 e. The van der Waals surface area contributed by atoms with E-state index in [2.05, 4.69) is 42.4 Å². The molecule has 2 heterocycles. The Morgan fingerprint density at radius 1 is 1.13 bits per heavy atom. The second kappa shape index (κ2) is 10.8. The van der Waals surface area contributed by atoms with Crippen LogP contribution in [-0.4, -0.2) is 49.1 Å². The van der Waals surface area contributed by atoms with E-state index in [4.69, 9.17) is 0 Å². The van der Waals surface area contributed by atoms with Gasteiger partial charge in [0.1, 0.15) is 12.0 Å². The maximum absolute atomic E-state index is 13.4. The topological polar surface area (TPSA) is 102 Å². The fraction of sp³-hybridized carbons (Fsp3) is 0.276. The average Bonchev–Trinajstić information content (AvgIpc) is 3.35. The summed E-state index contributed by atoms with van der Waals surface area (Å²) in [5.74, 6) is -1.08. The van der Waals surface area contributed by atoms with Gasteiger partial charge in [-0.25, -0.2) is 4.98 Å². The summed E-state index contributed by atoms with van der Waals surface area (Å²) in [4.78, 5) is 44.9. The molecule has 0 aliphatic carbocycles. The molecular weight excluding hydrogens is 480 g/mol. The van der Waals surface area contributed by atoms with E-state index in [9.17, 15) is 14.4 Å². The standard InChI is InChI=1S/C29H32N6O3/c1-7-14-33(8-2)28(37)19(5)31-27(36)20(6)34-17-30-26-23(10-9-11-24(26)29(34)38)21-12-13-25-22(15-21)16-35(32-25)18(3)4/h9-13,15-18H,5-8,14H2,1-4H3,(H,31,36). The molecule has 0 saturated carbocycles. The molecule has 4 aromatic rings. The third kappa shape index (κ3) is 5.00. The van der Waals surface area contributed by atoms with E-state index in [0.29, 0.717) is 24.0 Å². The molecular formula is C29H32N6O3. The summed E-state index contributed by atoms with van der Waals surface area (Å²) in [6, 6.07) is 11.5. The molecule has 0 aliphatic heterocycles. The molecule has 2 aromatic heterocycles. The van der Waals surface area contributed by atoms with Crippen molar-refractivity contribution in [2.24, 2.45) is 0 Å². The predicted molar refractivity (Wildman–Crippen MR) is 150 cm³/mol. The van der Waals surface area contributed by atoms with Crippen LogP contribution >= 0.6 is 0 Å². The van der Waals surface area contributed by atoms with Crippen LogP contribution in [0.25, 0.3) is 38.6 Å². The van der Waals surface area contributed by atoms with Crippen LogP contribution in [0.2, 0.25) is 0 Å². The Kier molecular flexibility index (Phi) is 7.57. The van der Waals surface area contributed by atoms with Crippen LogP contribution in [0.15, 0.2) is 72.6 Å². The molecule has 0 fully saturated rings. The van der Waals surface area contributed by atoms with Crippen molar-refractivity contribution in [2.75, 3.05) is 13.1 Å². The zero-order valence-corrected chi connectivity index (χ0v) is 22.2. The number of nitrogens with one attached hydrogen (secondary N) is 1. The van der Waals surface area contributed by atoms with Gasteiger partial charge < -0.3 is 10.2 Å². The monoisotopic (exact) mass is 512 g/mol. The van der Waals surface area contributed by atoms with E-state index < -0.39 is 11.5 Å². The van der Waals surface area contributed by atoms with Gasteiger partial charge in [-0.1, -0.05) is 38.3 Å². The van der Waals surface area contributed by atoms with Gasteiger partial charge in [0.15, 0.2) is 0 Å². The zero-order valence-electron chi connectivity index (χ0n) is 22.2. The second-order valence-electron chi connectivity index (χ2n) is 9.36. The number of hydrogen-bond acceptors (Lipinski definition) is 5. The Hall–Kier alpha value is -4.53. The van der Waals surface area contributed by atoms with Crippen LogP contribution in [0.4, 0.5) is 0 Å². The molecule has 0 aliphatic rings. The van der Waals surface area contributed by atoms with Gasteiger partial charge in [0.2, 0.25) is 0 Å². The summed E-state index contributed by atoms with van der Waals surface area (Å²) in [5, 5.41) is 8.39. The number of amides is 2. The number of fused-ring (bicyclic) bond motifs is 2. The second-order valence-corrected chi connectivity index (χ2v) is 9.36. The highest BCUT2D eigenvalue weighted by Gasteiger charge is 2.20. The first kappa shape index (κ1) is 26.5. The van der Waals surface area contributed by atoms with Crippen molar-refractivity contribution in [1.82, 2.24) is 29.5 Å². The van der Waals surface area contributed by atoms with Crippen molar-refractivity contribution in [3.63, 3.8) is 0 Å². The van der Waals surface area contributed by atoms with Crippen molar-refractivity contribution in [3.05, 3.63) is 78.1 Å². The van der Waals surface area contributed by atoms with Crippen LogP contribution in [-0.2, 0) is 9.59 Å². The van der Waals surface area contributed by atoms with E-state index in [1.54, 1.807) is 17.0 Å². The number of likely N-dealkylation sites (N-methyl/N-ethyl adjacent to an activating group) is 1. The smallest absolute Gasteiger partial charge is 0.272 e. The van der Waals surface area contributed by atoms with Gasteiger partial charge in [0.05, 0.1) is 22.1 Å². The number of carbonyl (C=O) groups excluding carboxylic acids is 2. The summed E-state index contributed by atoms with van der Waals surface area (Å²) in [5.41, 5.74) is 2.40. The van der Waals surface area contributed by atoms with Crippen LogP contribution < -0.4 is 10.9 Å². The Morgan fingerprint density at radius 2 is 1.89 bits per heavy atom. The minimum Gasteiger partial charge on any atom is -0.338 e. The summed E-state index contributed by atoms with van der Waals surface area (Å²) in [6.07, 6.45) is 4.06. The Morgan fingerprint density at radius 3 is 2.58 bits per heavy atom. The number of hydrogen-bond donors (Lipinski definition) is 1. The number of nitrogens with zero attached hydrogens (tertiary/aromatic N) is 5.